The molecule has 0 spiro atoms. The van der Waals surface area contributed by atoms with Gasteiger partial charge in [-0.15, -0.1) is 0 Å². The second-order valence-electron chi connectivity index (χ2n) is 21.9. The van der Waals surface area contributed by atoms with E-state index in [1.807, 2.05) is 118 Å². The lowest BCUT2D eigenvalue weighted by atomic mass is 9.76. The summed E-state index contributed by atoms with van der Waals surface area (Å²) in [5.74, 6) is -0.641. The van der Waals surface area contributed by atoms with Crippen molar-refractivity contribution in [1.29, 1.82) is 0 Å². The van der Waals surface area contributed by atoms with Crippen molar-refractivity contribution in [3.63, 3.8) is 0 Å². The molecule has 2 aromatic carbocycles. The average molecular weight is 941 g/mol. The van der Waals surface area contributed by atoms with Gasteiger partial charge in [-0.3, -0.25) is 28.8 Å². The summed E-state index contributed by atoms with van der Waals surface area (Å²) in [6.45, 7) is 21.0. The van der Waals surface area contributed by atoms with Gasteiger partial charge in [0.15, 0.2) is 0 Å². The molecule has 5 amide bonds. The Morgan fingerprint density at radius 1 is 0.662 bits per heavy atom. The Hall–Kier alpha value is -4.58. The van der Waals surface area contributed by atoms with Crippen LogP contribution in [0.25, 0.3) is 0 Å². The molecule has 6 atom stereocenters. The lowest BCUT2D eigenvalue weighted by Crippen LogP contribution is -2.57. The largest absolute Gasteiger partial charge is 0.344 e. The van der Waals surface area contributed by atoms with E-state index in [1.165, 1.54) is 0 Å². The van der Waals surface area contributed by atoms with Gasteiger partial charge < -0.3 is 30.2 Å². The molecule has 0 bridgehead atoms. The molecule has 2 aromatic rings. The molecule has 12 nitrogen and oxygen atoms in total. The maximum Gasteiger partial charge on any atom is 0.246 e. The number of carbonyl (C=O) groups excluding carboxylic acids is 6. The number of nitrogens with one attached hydrogen (secondary N) is 2. The van der Waals surface area contributed by atoms with Crippen molar-refractivity contribution in [1.82, 2.24) is 30.2 Å². The molecule has 2 aliphatic heterocycles. The molecule has 2 aliphatic rings. The Bertz CT molecular complexity index is 1770. The van der Waals surface area contributed by atoms with Crippen molar-refractivity contribution in [2.24, 2.45) is 22.7 Å². The van der Waals surface area contributed by atoms with Crippen LogP contribution in [0.5, 0.6) is 0 Å². The third-order valence-corrected chi connectivity index (χ3v) is 14.6. The van der Waals surface area contributed by atoms with Crippen molar-refractivity contribution in [2.45, 2.75) is 176 Å². The molecule has 0 aromatic heterocycles. The summed E-state index contributed by atoms with van der Waals surface area (Å²) in [6, 6.07) is 19.1. The highest BCUT2D eigenvalue weighted by Crippen LogP contribution is 2.34. The summed E-state index contributed by atoms with van der Waals surface area (Å²) in [6.07, 6.45) is 9.48. The summed E-state index contributed by atoms with van der Waals surface area (Å²) in [5, 5.41) is 6.10. The number of Topliss-reactive ketones (excluding diaryl/α,β-unsaturated/α-hetero) is 1. The minimum absolute atomic E-state index is 0.00556. The van der Waals surface area contributed by atoms with E-state index in [0.717, 1.165) is 56.1 Å². The zero-order valence-corrected chi connectivity index (χ0v) is 43.6. The van der Waals surface area contributed by atoms with E-state index < -0.39 is 22.8 Å². The van der Waals surface area contributed by atoms with Crippen LogP contribution in [-0.4, -0.2) is 125 Å². The van der Waals surface area contributed by atoms with Gasteiger partial charge in [-0.1, -0.05) is 129 Å². The quantitative estimate of drug-likeness (QED) is 0.0907. The third-order valence-electron chi connectivity index (χ3n) is 14.6. The second-order valence-corrected chi connectivity index (χ2v) is 21.9. The zero-order valence-electron chi connectivity index (χ0n) is 43.6. The predicted octanol–water partition coefficient (Wildman–Crippen LogP) is 8.26. The van der Waals surface area contributed by atoms with Gasteiger partial charge in [0.1, 0.15) is 11.8 Å². The fourth-order valence-corrected chi connectivity index (χ4v) is 9.60. The molecule has 0 saturated carbocycles. The van der Waals surface area contributed by atoms with Gasteiger partial charge in [-0.25, -0.2) is 0 Å². The first-order valence-corrected chi connectivity index (χ1v) is 26.0. The van der Waals surface area contributed by atoms with Crippen molar-refractivity contribution in [3.8, 4) is 0 Å². The molecule has 68 heavy (non-hydrogen) atoms. The average Bonchev–Trinajstić information content (AvgIpc) is 3.99. The summed E-state index contributed by atoms with van der Waals surface area (Å²) < 4.78 is 0. The highest BCUT2D eigenvalue weighted by molar-refractivity contribution is 5.91. The SMILES string of the molecule is CC[C@@H](C)C(=O)N[C@H](C(=O)N1CCC[C@H]1CN(CCc1ccccc1)C(=O)CCCCCCC(=O)N(CCc1ccccc1)C[C@@H]1CCCN1C(=O)[C@@H](CC(=O)[C@H](C)NC)C(C)(C)C)C(C)(C)C. The van der Waals surface area contributed by atoms with Crippen LogP contribution >= 0.6 is 0 Å². The predicted molar refractivity (Wildman–Crippen MR) is 273 cm³/mol. The summed E-state index contributed by atoms with van der Waals surface area (Å²) in [4.78, 5) is 90.6. The number of likely N-dealkylation sites (N-methyl/N-ethyl adjacent to an activating group) is 1. The Kier molecular flexibility index (Phi) is 22.2. The molecular formula is C56H88N6O6. The van der Waals surface area contributed by atoms with Crippen molar-refractivity contribution >= 4 is 35.3 Å². The van der Waals surface area contributed by atoms with E-state index in [9.17, 15) is 28.8 Å². The Morgan fingerprint density at radius 2 is 1.12 bits per heavy atom. The van der Waals surface area contributed by atoms with Crippen LogP contribution in [0.3, 0.4) is 0 Å². The van der Waals surface area contributed by atoms with Crippen LogP contribution in [0.15, 0.2) is 60.7 Å². The highest BCUT2D eigenvalue weighted by Gasteiger charge is 2.42. The molecule has 12 heteroatoms. The van der Waals surface area contributed by atoms with Crippen LogP contribution in [-0.2, 0) is 41.6 Å². The number of nitrogens with zero attached hydrogens (tertiary/aromatic N) is 4. The van der Waals surface area contributed by atoms with Crippen LogP contribution in [0.2, 0.25) is 0 Å². The number of likely N-dealkylation sites (tertiary alicyclic amines) is 2. The maximum atomic E-state index is 14.3. The standard InChI is InChI=1S/C56H88N6O6/c1-11-41(2)52(66)58-51(56(7,8)9)54(68)62-35-23-29-46(62)40-60(37-33-44-26-18-15-19-27-44)50(65)31-21-13-12-20-30-49(64)59(36-32-43-24-16-14-17-25-43)39-45-28-22-34-61(45)53(67)47(55(4,5)6)38-48(63)42(3)57-10/h14-19,24-27,41-42,45-47,51,57H,11-13,20-23,28-40H2,1-10H3,(H,58,66)/t41-,42+,45+,46+,47-,51-/m1/s1. The Balaban J connectivity index is 1.37. The van der Waals surface area contributed by atoms with Crippen LogP contribution in [0.4, 0.5) is 0 Å². The number of hydrogen-bond donors (Lipinski definition) is 2. The number of benzene rings is 2. The van der Waals surface area contributed by atoms with Crippen LogP contribution < -0.4 is 10.6 Å². The molecule has 4 rings (SSSR count). The number of ketones is 1. The zero-order chi connectivity index (χ0) is 50.0. The summed E-state index contributed by atoms with van der Waals surface area (Å²) in [5.41, 5.74) is 1.43. The van der Waals surface area contributed by atoms with Gasteiger partial charge in [0.25, 0.3) is 0 Å². The molecule has 2 N–H and O–H groups in total. The minimum Gasteiger partial charge on any atom is -0.344 e. The summed E-state index contributed by atoms with van der Waals surface area (Å²) in [7, 11) is 1.76. The van der Waals surface area contributed by atoms with Gasteiger partial charge >= 0.3 is 0 Å². The first-order valence-electron chi connectivity index (χ1n) is 26.0. The van der Waals surface area contributed by atoms with Crippen molar-refractivity contribution in [3.05, 3.63) is 71.8 Å². The third kappa shape index (κ3) is 17.1. The molecule has 0 aliphatic carbocycles. The molecule has 2 fully saturated rings. The van der Waals surface area contributed by atoms with Crippen molar-refractivity contribution in [2.75, 3.05) is 46.3 Å². The van der Waals surface area contributed by atoms with Gasteiger partial charge in [-0.2, -0.15) is 0 Å². The van der Waals surface area contributed by atoms with E-state index >= 15 is 0 Å². The van der Waals surface area contributed by atoms with Gasteiger partial charge in [0.05, 0.1) is 6.04 Å². The number of unbranched alkanes of at least 4 members (excludes halogenated alkanes) is 3. The van der Waals surface area contributed by atoms with Gasteiger partial charge in [0.2, 0.25) is 29.5 Å². The van der Waals surface area contributed by atoms with E-state index in [4.69, 9.17) is 0 Å². The number of carbonyl (C=O) groups is 6. The normalized spacial score (nSPS) is 18.1. The smallest absolute Gasteiger partial charge is 0.246 e. The van der Waals surface area contributed by atoms with Crippen LogP contribution in [0.1, 0.15) is 150 Å². The summed E-state index contributed by atoms with van der Waals surface area (Å²) >= 11 is 0. The molecule has 0 radical (unpaired) electrons. The molecule has 378 valence electrons. The highest BCUT2D eigenvalue weighted by atomic mass is 16.2. The first kappa shape index (κ1) is 56.0. The minimum atomic E-state index is -0.663. The second kappa shape index (κ2) is 27.0. The van der Waals surface area contributed by atoms with Crippen LogP contribution in [0, 0.1) is 22.7 Å². The Morgan fingerprint density at radius 3 is 1.53 bits per heavy atom. The lowest BCUT2D eigenvalue weighted by molar-refractivity contribution is -0.144. The maximum absolute atomic E-state index is 14.3. The topological polar surface area (TPSA) is 139 Å². The van der Waals surface area contributed by atoms with E-state index in [-0.39, 0.29) is 65.8 Å². The van der Waals surface area contributed by atoms with E-state index in [1.54, 1.807) is 7.05 Å². The number of hydrogen-bond acceptors (Lipinski definition) is 7. The lowest BCUT2D eigenvalue weighted by Gasteiger charge is -2.37. The molecule has 0 unspecified atom stereocenters. The molecular weight excluding hydrogens is 853 g/mol. The number of rotatable bonds is 26. The van der Waals surface area contributed by atoms with Gasteiger partial charge in [0, 0.05) is 82.5 Å². The van der Waals surface area contributed by atoms with E-state index in [2.05, 4.69) is 34.9 Å². The fraction of sp³-hybridized carbons (Fsp3) is 0.679. The first-order chi connectivity index (χ1) is 32.2. The van der Waals surface area contributed by atoms with Crippen molar-refractivity contribution < 1.29 is 28.8 Å². The van der Waals surface area contributed by atoms with E-state index in [0.29, 0.717) is 77.8 Å². The Labute approximate surface area is 410 Å². The monoisotopic (exact) mass is 941 g/mol. The molecule has 2 heterocycles. The fourth-order valence-electron chi connectivity index (χ4n) is 9.60. The van der Waals surface area contributed by atoms with Gasteiger partial charge in [-0.05, 0) is 93.7 Å². The number of amides is 5. The molecule has 2 saturated heterocycles.